The quantitative estimate of drug-likeness (QED) is 0.360. The highest BCUT2D eigenvalue weighted by Crippen LogP contribution is 2.43. The number of ether oxygens (including phenoxy) is 2. The number of hydrogen-bond donors (Lipinski definition) is 4. The summed E-state index contributed by atoms with van der Waals surface area (Å²) in [4.78, 5) is 33.5. The van der Waals surface area contributed by atoms with E-state index in [0.29, 0.717) is 0 Å². The number of nitrogen functional groups attached to an aromatic ring is 1. The maximum atomic E-state index is 15.3. The lowest BCUT2D eigenvalue weighted by molar-refractivity contribution is -0.233. The number of aliphatic hydroxyl groups is 2. The topological polar surface area (TPSA) is 166 Å². The van der Waals surface area contributed by atoms with E-state index in [9.17, 15) is 19.8 Å². The minimum absolute atomic E-state index is 0.197. The summed E-state index contributed by atoms with van der Waals surface area (Å²) in [6, 6.07) is 0. The number of imidazole rings is 1. The maximum absolute atomic E-state index is 15.3. The molecule has 2 aromatic heterocycles. The third-order valence-corrected chi connectivity index (χ3v) is 4.34. The number of alkyl halides is 1. The summed E-state index contributed by atoms with van der Waals surface area (Å²) in [5.74, 6) is -2.53. The van der Waals surface area contributed by atoms with Gasteiger partial charge in [-0.15, -0.1) is 6.42 Å². The van der Waals surface area contributed by atoms with Crippen LogP contribution in [0.3, 0.4) is 0 Å². The van der Waals surface area contributed by atoms with Crippen LogP contribution in [0.2, 0.25) is 0 Å². The molecule has 28 heavy (non-hydrogen) atoms. The fourth-order valence-corrected chi connectivity index (χ4v) is 2.83. The van der Waals surface area contributed by atoms with Crippen molar-refractivity contribution in [3.8, 4) is 12.3 Å². The molecule has 3 rings (SSSR count). The molecule has 0 unspecified atom stereocenters. The van der Waals surface area contributed by atoms with Gasteiger partial charge in [-0.05, 0) is 5.92 Å². The van der Waals surface area contributed by atoms with E-state index in [0.717, 1.165) is 10.9 Å². The van der Waals surface area contributed by atoms with E-state index in [1.54, 1.807) is 0 Å². The monoisotopic (exact) mass is 395 g/mol. The largest absolute Gasteiger partial charge is 0.459 e. The van der Waals surface area contributed by atoms with Gasteiger partial charge in [0.1, 0.15) is 18.5 Å². The molecule has 1 saturated heterocycles. The van der Waals surface area contributed by atoms with Crippen molar-refractivity contribution < 1.29 is 28.9 Å². The summed E-state index contributed by atoms with van der Waals surface area (Å²) in [5, 5.41) is 20.7. The summed E-state index contributed by atoms with van der Waals surface area (Å²) in [6.45, 7) is 2.05. The predicted molar refractivity (Wildman–Crippen MR) is 92.1 cm³/mol. The van der Waals surface area contributed by atoms with Crippen molar-refractivity contribution >= 4 is 23.1 Å². The van der Waals surface area contributed by atoms with Crippen LogP contribution in [0.15, 0.2) is 11.1 Å². The van der Waals surface area contributed by atoms with Crippen molar-refractivity contribution in [1.29, 1.82) is 0 Å². The lowest BCUT2D eigenvalue weighted by Crippen LogP contribution is -2.45. The number of aliphatic hydroxyl groups excluding tert-OH is 2. The molecule has 0 radical (unpaired) electrons. The van der Waals surface area contributed by atoms with Crippen LogP contribution < -0.4 is 11.3 Å². The molecule has 2 aromatic rings. The average Bonchev–Trinajstić information content (AvgIpc) is 3.14. The number of H-pyrrole nitrogens is 1. The minimum Gasteiger partial charge on any atom is -0.459 e. The number of aromatic amines is 1. The first-order valence-corrected chi connectivity index (χ1v) is 8.18. The number of nitrogens with zero attached hydrogens (tertiary/aromatic N) is 3. The van der Waals surface area contributed by atoms with Gasteiger partial charge in [0, 0.05) is 0 Å². The zero-order chi connectivity index (χ0) is 20.9. The van der Waals surface area contributed by atoms with Crippen molar-refractivity contribution in [2.45, 2.75) is 37.6 Å². The van der Waals surface area contributed by atoms with E-state index in [2.05, 4.69) is 20.9 Å². The molecule has 1 fully saturated rings. The number of anilines is 1. The number of hydrogen-bond acceptors (Lipinski definition) is 9. The molecule has 150 valence electrons. The first kappa shape index (κ1) is 19.7. The predicted octanol–water partition coefficient (Wildman–Crippen LogP) is -1.40. The number of aromatic nitrogens is 4. The van der Waals surface area contributed by atoms with Crippen molar-refractivity contribution in [1.82, 2.24) is 19.5 Å². The summed E-state index contributed by atoms with van der Waals surface area (Å²) in [5.41, 5.74) is 2.09. The molecular formula is C16H18FN5O6. The second-order valence-corrected chi connectivity index (χ2v) is 6.62. The van der Waals surface area contributed by atoms with Crippen LogP contribution in [0, 0.1) is 18.3 Å². The van der Waals surface area contributed by atoms with Crippen molar-refractivity contribution in [2.75, 3.05) is 12.3 Å². The zero-order valence-electron chi connectivity index (χ0n) is 14.9. The Morgan fingerprint density at radius 3 is 2.86 bits per heavy atom. The van der Waals surface area contributed by atoms with Gasteiger partial charge < -0.3 is 20.7 Å². The van der Waals surface area contributed by atoms with Crippen LogP contribution in [0.1, 0.15) is 13.8 Å². The van der Waals surface area contributed by atoms with E-state index in [-0.39, 0.29) is 17.1 Å². The fraction of sp³-hybridized carbons (Fsp3) is 0.500. The smallest absolute Gasteiger partial charge is 0.308 e. The standard InChI is InChI=1S/C16H18FN5O6/c1-4-16(22-6-19-8-11(22)20-14(18)21-12(8)25)10(24)9(23)15(17,28-16)5-27-13(26)7(2)3/h1,6-7,9-10,23-24H,5H2,2-3H3,(H3,18,20,21,25)/t9-,10+,15+,16+/m0/s1. The molecule has 11 nitrogen and oxygen atoms in total. The number of nitrogens with two attached hydrogens (primary N) is 1. The molecule has 0 aromatic carbocycles. The van der Waals surface area contributed by atoms with Gasteiger partial charge in [-0.25, -0.2) is 9.37 Å². The summed E-state index contributed by atoms with van der Waals surface area (Å²) >= 11 is 0. The van der Waals surface area contributed by atoms with Crippen LogP contribution in [0.25, 0.3) is 11.2 Å². The number of carbonyl (C=O) groups is 1. The Bertz CT molecular complexity index is 1030. The zero-order valence-corrected chi connectivity index (χ0v) is 14.9. The molecular weight excluding hydrogens is 377 g/mol. The lowest BCUT2D eigenvalue weighted by atomic mass is 10.0. The van der Waals surface area contributed by atoms with Crippen LogP contribution in [0.4, 0.5) is 10.3 Å². The first-order chi connectivity index (χ1) is 13.1. The molecule has 5 N–H and O–H groups in total. The highest BCUT2D eigenvalue weighted by atomic mass is 19.2. The average molecular weight is 395 g/mol. The number of rotatable bonds is 4. The third-order valence-electron chi connectivity index (χ3n) is 4.34. The van der Waals surface area contributed by atoms with Gasteiger partial charge in [-0.3, -0.25) is 23.9 Å². The molecule has 4 atom stereocenters. The van der Waals surface area contributed by atoms with E-state index in [4.69, 9.17) is 21.6 Å². The number of halogens is 1. The normalized spacial score (nSPS) is 29.9. The van der Waals surface area contributed by atoms with Crippen LogP contribution >= 0.6 is 0 Å². The number of nitrogens with one attached hydrogen (secondary N) is 1. The fourth-order valence-electron chi connectivity index (χ4n) is 2.83. The SMILES string of the molecule is C#C[C@@]1(n2cnc3c(=O)[nH]c(N)nc32)O[C@](F)(COC(=O)C(C)C)[C@@H](O)[C@H]1O. The summed E-state index contributed by atoms with van der Waals surface area (Å²) in [6.07, 6.45) is 2.29. The van der Waals surface area contributed by atoms with Crippen LogP contribution in [0.5, 0.6) is 0 Å². The van der Waals surface area contributed by atoms with Crippen LogP contribution in [-0.4, -0.2) is 60.4 Å². The summed E-state index contributed by atoms with van der Waals surface area (Å²) < 4.78 is 26.2. The Morgan fingerprint density at radius 1 is 1.57 bits per heavy atom. The Balaban J connectivity index is 2.06. The van der Waals surface area contributed by atoms with Gasteiger partial charge in [0.15, 0.2) is 17.8 Å². The van der Waals surface area contributed by atoms with E-state index in [1.807, 2.05) is 0 Å². The Labute approximate surface area is 157 Å². The Hall–Kier alpha value is -3.01. The van der Waals surface area contributed by atoms with Gasteiger partial charge in [0.25, 0.3) is 11.4 Å². The minimum atomic E-state index is -3.03. The molecule has 0 spiro atoms. The molecule has 0 amide bonds. The van der Waals surface area contributed by atoms with Gasteiger partial charge in [-0.1, -0.05) is 13.8 Å². The Kier molecular flexibility index (Phi) is 4.62. The molecule has 1 aliphatic heterocycles. The molecule has 3 heterocycles. The van der Waals surface area contributed by atoms with Crippen molar-refractivity contribution in [3.63, 3.8) is 0 Å². The van der Waals surface area contributed by atoms with E-state index >= 15 is 4.39 Å². The van der Waals surface area contributed by atoms with Gasteiger partial charge in [0.05, 0.1) is 5.92 Å². The van der Waals surface area contributed by atoms with Gasteiger partial charge in [0.2, 0.25) is 11.7 Å². The van der Waals surface area contributed by atoms with Gasteiger partial charge in [-0.2, -0.15) is 4.98 Å². The molecule has 0 aliphatic carbocycles. The number of esters is 1. The number of terminal acetylenes is 1. The van der Waals surface area contributed by atoms with Gasteiger partial charge >= 0.3 is 5.97 Å². The third kappa shape index (κ3) is 2.80. The van der Waals surface area contributed by atoms with Crippen molar-refractivity contribution in [3.05, 3.63) is 16.7 Å². The highest BCUT2D eigenvalue weighted by Gasteiger charge is 2.65. The summed E-state index contributed by atoms with van der Waals surface area (Å²) in [7, 11) is 0. The van der Waals surface area contributed by atoms with Crippen LogP contribution in [-0.2, 0) is 20.0 Å². The highest BCUT2D eigenvalue weighted by molar-refractivity contribution is 5.72. The Morgan fingerprint density at radius 2 is 2.25 bits per heavy atom. The molecule has 12 heteroatoms. The lowest BCUT2D eigenvalue weighted by Gasteiger charge is -2.28. The molecule has 0 saturated carbocycles. The van der Waals surface area contributed by atoms with E-state index in [1.165, 1.54) is 13.8 Å². The van der Waals surface area contributed by atoms with Crippen molar-refractivity contribution in [2.24, 2.45) is 5.92 Å². The number of fused-ring (bicyclic) bond motifs is 1. The molecule has 1 aliphatic rings. The second kappa shape index (κ2) is 6.55. The second-order valence-electron chi connectivity index (χ2n) is 6.62. The van der Waals surface area contributed by atoms with E-state index < -0.39 is 47.8 Å². The maximum Gasteiger partial charge on any atom is 0.308 e. The molecule has 0 bridgehead atoms. The first-order valence-electron chi connectivity index (χ1n) is 8.18. The number of carbonyl (C=O) groups excluding carboxylic acids is 1.